The molecule has 0 aliphatic heterocycles. The molecule has 0 unspecified atom stereocenters. The van der Waals surface area contributed by atoms with Crippen LogP contribution in [0.1, 0.15) is 33.9 Å². The van der Waals surface area contributed by atoms with Gasteiger partial charge in [0.15, 0.2) is 5.78 Å². The number of para-hydroxylation sites is 1. The van der Waals surface area contributed by atoms with E-state index < -0.39 is 0 Å². The van der Waals surface area contributed by atoms with E-state index >= 15 is 0 Å². The van der Waals surface area contributed by atoms with Crippen LogP contribution >= 0.6 is 0 Å². The fourth-order valence-corrected chi connectivity index (χ4v) is 2.72. The molecule has 0 radical (unpaired) electrons. The van der Waals surface area contributed by atoms with Crippen LogP contribution in [0.5, 0.6) is 0 Å². The number of nitrogens with one attached hydrogen (secondary N) is 1. The number of carbonyl (C=O) groups is 1. The van der Waals surface area contributed by atoms with E-state index in [-0.39, 0.29) is 11.8 Å². The van der Waals surface area contributed by atoms with Crippen molar-refractivity contribution in [3.8, 4) is 0 Å². The first-order valence-electron chi connectivity index (χ1n) is 8.19. The fourth-order valence-electron chi connectivity index (χ4n) is 2.72. The van der Waals surface area contributed by atoms with Crippen molar-refractivity contribution in [1.82, 2.24) is 0 Å². The summed E-state index contributed by atoms with van der Waals surface area (Å²) in [5.74, 6) is 0.146. The van der Waals surface area contributed by atoms with Crippen molar-refractivity contribution >= 4 is 11.5 Å². The molecular weight excluding hydrogens is 294 g/mol. The highest BCUT2D eigenvalue weighted by Crippen LogP contribution is 2.24. The maximum absolute atomic E-state index is 12.7. The fraction of sp³-hybridized carbons (Fsp3) is 0.136. The Morgan fingerprint density at radius 2 is 1.42 bits per heavy atom. The number of rotatable bonds is 6. The molecule has 0 saturated carbocycles. The number of Topliss-reactive ketones (excluding diaryl/α,β-unsaturated/α-hetero) is 1. The third kappa shape index (κ3) is 4.11. The van der Waals surface area contributed by atoms with Crippen molar-refractivity contribution in [2.45, 2.75) is 19.4 Å². The van der Waals surface area contributed by atoms with E-state index in [1.54, 1.807) is 0 Å². The van der Waals surface area contributed by atoms with Crippen LogP contribution in [0.2, 0.25) is 0 Å². The first kappa shape index (κ1) is 16.0. The summed E-state index contributed by atoms with van der Waals surface area (Å²) >= 11 is 0. The van der Waals surface area contributed by atoms with Gasteiger partial charge in [-0.2, -0.15) is 0 Å². The zero-order chi connectivity index (χ0) is 16.8. The van der Waals surface area contributed by atoms with Crippen LogP contribution < -0.4 is 5.32 Å². The summed E-state index contributed by atoms with van der Waals surface area (Å²) < 4.78 is 0. The van der Waals surface area contributed by atoms with Gasteiger partial charge in [0.2, 0.25) is 0 Å². The third-order valence-electron chi connectivity index (χ3n) is 4.08. The van der Waals surface area contributed by atoms with Gasteiger partial charge in [0.25, 0.3) is 0 Å². The Labute approximate surface area is 143 Å². The topological polar surface area (TPSA) is 29.1 Å². The van der Waals surface area contributed by atoms with Crippen molar-refractivity contribution in [3.05, 3.63) is 102 Å². The molecule has 0 aliphatic rings. The molecule has 2 heteroatoms. The average molecular weight is 315 g/mol. The minimum atomic E-state index is -0.0533. The van der Waals surface area contributed by atoms with Gasteiger partial charge in [-0.1, -0.05) is 78.4 Å². The summed E-state index contributed by atoms with van der Waals surface area (Å²) in [4.78, 5) is 12.7. The number of hydrogen-bond acceptors (Lipinski definition) is 2. The molecule has 3 aromatic rings. The van der Waals surface area contributed by atoms with Gasteiger partial charge >= 0.3 is 0 Å². The molecule has 0 amide bonds. The lowest BCUT2D eigenvalue weighted by Gasteiger charge is -2.20. The van der Waals surface area contributed by atoms with Crippen LogP contribution in [0.3, 0.4) is 0 Å². The van der Waals surface area contributed by atoms with Crippen LogP contribution in [-0.2, 0) is 0 Å². The second-order valence-corrected chi connectivity index (χ2v) is 5.97. The number of aryl methyl sites for hydroxylation is 1. The minimum absolute atomic E-state index is 0.0533. The summed E-state index contributed by atoms with van der Waals surface area (Å²) in [5, 5.41) is 3.49. The number of hydrogen-bond donors (Lipinski definition) is 1. The molecule has 0 saturated heterocycles. The Morgan fingerprint density at radius 3 is 2.04 bits per heavy atom. The van der Waals surface area contributed by atoms with E-state index in [9.17, 15) is 4.79 Å². The molecule has 0 spiro atoms. The second kappa shape index (κ2) is 7.60. The summed E-state index contributed by atoms with van der Waals surface area (Å²) in [6, 6.07) is 27.8. The molecule has 1 atom stereocenters. The second-order valence-electron chi connectivity index (χ2n) is 5.97. The normalized spacial score (nSPS) is 11.7. The summed E-state index contributed by atoms with van der Waals surface area (Å²) in [5.41, 5.74) is 4.05. The molecule has 120 valence electrons. The van der Waals surface area contributed by atoms with Crippen molar-refractivity contribution in [3.63, 3.8) is 0 Å². The smallest absolute Gasteiger partial charge is 0.165 e. The summed E-state index contributed by atoms with van der Waals surface area (Å²) in [6.45, 7) is 2.03. The van der Waals surface area contributed by atoms with E-state index in [4.69, 9.17) is 0 Å². The highest BCUT2D eigenvalue weighted by molar-refractivity contribution is 5.96. The molecule has 0 bridgehead atoms. The predicted molar refractivity (Wildman–Crippen MR) is 99.4 cm³/mol. The molecule has 24 heavy (non-hydrogen) atoms. The maximum Gasteiger partial charge on any atom is 0.165 e. The average Bonchev–Trinajstić information content (AvgIpc) is 2.63. The van der Waals surface area contributed by atoms with Crippen LogP contribution in [-0.4, -0.2) is 5.78 Å². The highest BCUT2D eigenvalue weighted by atomic mass is 16.1. The van der Waals surface area contributed by atoms with Crippen molar-refractivity contribution in [1.29, 1.82) is 0 Å². The summed E-state index contributed by atoms with van der Waals surface area (Å²) in [7, 11) is 0. The lowest BCUT2D eigenvalue weighted by molar-refractivity contribution is 0.0976. The Hall–Kier alpha value is -2.87. The molecule has 0 aliphatic carbocycles. The molecule has 1 N–H and O–H groups in total. The lowest BCUT2D eigenvalue weighted by Crippen LogP contribution is -2.15. The third-order valence-corrected chi connectivity index (χ3v) is 4.08. The van der Waals surface area contributed by atoms with Gasteiger partial charge in [-0.05, 0) is 24.6 Å². The zero-order valence-electron chi connectivity index (χ0n) is 13.8. The molecule has 3 aromatic carbocycles. The van der Waals surface area contributed by atoms with E-state index in [1.165, 1.54) is 0 Å². The van der Waals surface area contributed by atoms with Gasteiger partial charge in [0, 0.05) is 17.7 Å². The van der Waals surface area contributed by atoms with E-state index in [1.807, 2.05) is 79.7 Å². The highest BCUT2D eigenvalue weighted by Gasteiger charge is 2.17. The molecule has 3 rings (SSSR count). The van der Waals surface area contributed by atoms with E-state index in [0.29, 0.717) is 6.42 Å². The van der Waals surface area contributed by atoms with Crippen molar-refractivity contribution in [2.75, 3.05) is 5.32 Å². The first-order chi connectivity index (χ1) is 11.7. The molecular formula is C22H21NO. The number of carbonyl (C=O) groups excluding carboxylic acids is 1. The predicted octanol–water partition coefficient (Wildman–Crippen LogP) is 5.42. The Kier molecular flexibility index (Phi) is 5.07. The van der Waals surface area contributed by atoms with Gasteiger partial charge in [-0.3, -0.25) is 4.79 Å². The van der Waals surface area contributed by atoms with Crippen LogP contribution in [0, 0.1) is 6.92 Å². The van der Waals surface area contributed by atoms with Crippen molar-refractivity contribution < 1.29 is 4.79 Å². The molecule has 0 fully saturated rings. The monoisotopic (exact) mass is 315 g/mol. The van der Waals surface area contributed by atoms with Gasteiger partial charge in [-0.25, -0.2) is 0 Å². The van der Waals surface area contributed by atoms with Gasteiger partial charge < -0.3 is 5.32 Å². The SMILES string of the molecule is Cc1ccc(C(=O)C[C@H](Nc2ccccc2)c2ccccc2)cc1. The number of ketones is 1. The summed E-state index contributed by atoms with van der Waals surface area (Å²) in [6.07, 6.45) is 0.419. The van der Waals surface area contributed by atoms with Gasteiger partial charge in [0.1, 0.15) is 0 Å². The van der Waals surface area contributed by atoms with Crippen LogP contribution in [0.25, 0.3) is 0 Å². The van der Waals surface area contributed by atoms with Crippen LogP contribution in [0.15, 0.2) is 84.9 Å². The van der Waals surface area contributed by atoms with E-state index in [2.05, 4.69) is 17.4 Å². The Bertz CT molecular complexity index is 779. The molecule has 0 heterocycles. The van der Waals surface area contributed by atoms with Gasteiger partial charge in [-0.15, -0.1) is 0 Å². The lowest BCUT2D eigenvalue weighted by atomic mass is 9.97. The largest absolute Gasteiger partial charge is 0.378 e. The van der Waals surface area contributed by atoms with E-state index in [0.717, 1.165) is 22.4 Å². The van der Waals surface area contributed by atoms with Crippen LogP contribution in [0.4, 0.5) is 5.69 Å². The first-order valence-corrected chi connectivity index (χ1v) is 8.19. The molecule has 2 nitrogen and oxygen atoms in total. The maximum atomic E-state index is 12.7. The minimum Gasteiger partial charge on any atom is -0.378 e. The Balaban J connectivity index is 1.82. The standard InChI is InChI=1S/C22H21NO/c1-17-12-14-19(15-13-17)22(24)16-21(18-8-4-2-5-9-18)23-20-10-6-3-7-11-20/h2-15,21,23H,16H2,1H3/t21-/m0/s1. The quantitative estimate of drug-likeness (QED) is 0.615. The number of benzene rings is 3. The Morgan fingerprint density at radius 1 is 0.833 bits per heavy atom. The van der Waals surface area contributed by atoms with Gasteiger partial charge in [0.05, 0.1) is 6.04 Å². The number of anilines is 1. The zero-order valence-corrected chi connectivity index (χ0v) is 13.8. The molecule has 0 aromatic heterocycles. The van der Waals surface area contributed by atoms with Crippen molar-refractivity contribution in [2.24, 2.45) is 0 Å².